The number of carbonyl (C=O) groups is 2. The van der Waals surface area contributed by atoms with Gasteiger partial charge in [-0.2, -0.15) is 0 Å². The lowest BCUT2D eigenvalue weighted by molar-refractivity contribution is -0.116. The zero-order valence-corrected chi connectivity index (χ0v) is 14.9. The Morgan fingerprint density at radius 2 is 1.69 bits per heavy atom. The summed E-state index contributed by atoms with van der Waals surface area (Å²) in [5.41, 5.74) is 2.27. The molecule has 4 heteroatoms. The van der Waals surface area contributed by atoms with Gasteiger partial charge in [-0.1, -0.05) is 42.5 Å². The number of nitrogens with one attached hydrogen (secondary N) is 1. The number of aryl methyl sites for hydroxylation is 1. The van der Waals surface area contributed by atoms with Crippen molar-refractivity contribution in [3.63, 3.8) is 0 Å². The van der Waals surface area contributed by atoms with Gasteiger partial charge in [0.1, 0.15) is 5.75 Å². The molecule has 0 unspecified atom stereocenters. The van der Waals surface area contributed by atoms with E-state index < -0.39 is 0 Å². The quantitative estimate of drug-likeness (QED) is 0.654. The van der Waals surface area contributed by atoms with E-state index in [2.05, 4.69) is 5.32 Å². The van der Waals surface area contributed by atoms with Gasteiger partial charge in [-0.25, -0.2) is 0 Å². The molecule has 0 aromatic heterocycles. The van der Waals surface area contributed by atoms with Crippen LogP contribution < -0.4 is 10.1 Å². The lowest BCUT2D eigenvalue weighted by Crippen LogP contribution is -2.14. The van der Waals surface area contributed by atoms with Crippen LogP contribution in [-0.2, 0) is 4.79 Å². The highest BCUT2D eigenvalue weighted by Gasteiger charge is 2.12. The molecule has 0 atom stereocenters. The number of rotatable bonds is 6. The number of amides is 1. The topological polar surface area (TPSA) is 55.4 Å². The molecule has 132 valence electrons. The number of carbonyl (C=O) groups excluding carboxylic acids is 2. The largest absolute Gasteiger partial charge is 0.495 e. The van der Waals surface area contributed by atoms with Crippen LogP contribution in [-0.4, -0.2) is 18.8 Å². The van der Waals surface area contributed by atoms with Crippen molar-refractivity contribution >= 4 is 28.2 Å². The van der Waals surface area contributed by atoms with E-state index in [4.69, 9.17) is 4.74 Å². The molecule has 26 heavy (non-hydrogen) atoms. The van der Waals surface area contributed by atoms with E-state index in [1.165, 1.54) is 0 Å². The van der Waals surface area contributed by atoms with Crippen LogP contribution in [0.15, 0.2) is 60.7 Å². The average Bonchev–Trinajstić information content (AvgIpc) is 2.66. The molecule has 0 aliphatic heterocycles. The molecule has 1 amide bonds. The summed E-state index contributed by atoms with van der Waals surface area (Å²) in [4.78, 5) is 24.6. The zero-order valence-electron chi connectivity index (χ0n) is 14.9. The molecule has 0 radical (unpaired) electrons. The molecule has 1 N–H and O–H groups in total. The number of anilines is 1. The number of fused-ring (bicyclic) bond motifs is 1. The Hall–Kier alpha value is -3.14. The van der Waals surface area contributed by atoms with Gasteiger partial charge in [-0.15, -0.1) is 0 Å². The highest BCUT2D eigenvalue weighted by Crippen LogP contribution is 2.25. The van der Waals surface area contributed by atoms with Crippen molar-refractivity contribution in [2.75, 3.05) is 12.4 Å². The van der Waals surface area contributed by atoms with E-state index in [9.17, 15) is 9.59 Å². The first-order chi connectivity index (χ1) is 12.6. The number of benzene rings is 3. The lowest BCUT2D eigenvalue weighted by atomic mass is 10.0. The van der Waals surface area contributed by atoms with Gasteiger partial charge >= 0.3 is 0 Å². The van der Waals surface area contributed by atoms with Gasteiger partial charge in [-0.05, 0) is 41.5 Å². The molecule has 0 heterocycles. The maximum atomic E-state index is 12.4. The Kier molecular flexibility index (Phi) is 5.32. The first kappa shape index (κ1) is 17.7. The first-order valence-corrected chi connectivity index (χ1v) is 8.53. The van der Waals surface area contributed by atoms with Crippen molar-refractivity contribution in [1.29, 1.82) is 0 Å². The Labute approximate surface area is 152 Å². The Bertz CT molecular complexity index is 963. The summed E-state index contributed by atoms with van der Waals surface area (Å²) >= 11 is 0. The molecule has 0 aliphatic rings. The van der Waals surface area contributed by atoms with Crippen molar-refractivity contribution < 1.29 is 14.3 Å². The molecule has 3 aromatic carbocycles. The normalized spacial score (nSPS) is 10.5. The van der Waals surface area contributed by atoms with Crippen LogP contribution in [0.2, 0.25) is 0 Å². The molecule has 0 fully saturated rings. The minimum Gasteiger partial charge on any atom is -0.495 e. The van der Waals surface area contributed by atoms with Crippen molar-refractivity contribution in [1.82, 2.24) is 0 Å². The molecule has 0 spiro atoms. The minimum absolute atomic E-state index is 0.0397. The molecule has 0 aliphatic carbocycles. The fraction of sp³-hybridized carbons (Fsp3) is 0.182. The van der Waals surface area contributed by atoms with Crippen LogP contribution in [0.25, 0.3) is 10.8 Å². The van der Waals surface area contributed by atoms with Crippen LogP contribution in [0.4, 0.5) is 5.69 Å². The summed E-state index contributed by atoms with van der Waals surface area (Å²) in [6.45, 7) is 1.94. The van der Waals surface area contributed by atoms with Gasteiger partial charge < -0.3 is 10.1 Å². The predicted molar refractivity (Wildman–Crippen MR) is 104 cm³/mol. The Balaban J connectivity index is 1.63. The smallest absolute Gasteiger partial charge is 0.224 e. The Morgan fingerprint density at radius 3 is 2.46 bits per heavy atom. The summed E-state index contributed by atoms with van der Waals surface area (Å²) in [5.74, 6) is 0.356. The van der Waals surface area contributed by atoms with E-state index in [1.54, 1.807) is 7.11 Å². The van der Waals surface area contributed by atoms with Gasteiger partial charge in [0.15, 0.2) is 5.78 Å². The molecular formula is C22H21NO3. The molecule has 3 rings (SSSR count). The summed E-state index contributed by atoms with van der Waals surface area (Å²) < 4.78 is 5.26. The third kappa shape index (κ3) is 4.09. The summed E-state index contributed by atoms with van der Waals surface area (Å²) in [6.07, 6.45) is 0.293. The molecular weight excluding hydrogens is 326 g/mol. The second-order valence-electron chi connectivity index (χ2n) is 6.24. The highest BCUT2D eigenvalue weighted by molar-refractivity contribution is 6.02. The van der Waals surface area contributed by atoms with E-state index >= 15 is 0 Å². The van der Waals surface area contributed by atoms with Gasteiger partial charge in [-0.3, -0.25) is 9.59 Å². The maximum absolute atomic E-state index is 12.4. The number of ketones is 1. The SMILES string of the molecule is COc1ccc(C)cc1NC(=O)CCC(=O)c1ccc2ccccc2c1. The fourth-order valence-electron chi connectivity index (χ4n) is 2.87. The fourth-order valence-corrected chi connectivity index (χ4v) is 2.87. The van der Waals surface area contributed by atoms with Gasteiger partial charge in [0, 0.05) is 18.4 Å². The molecule has 0 bridgehead atoms. The highest BCUT2D eigenvalue weighted by atomic mass is 16.5. The summed E-state index contributed by atoms with van der Waals surface area (Å²) in [7, 11) is 1.56. The molecule has 4 nitrogen and oxygen atoms in total. The van der Waals surface area contributed by atoms with E-state index in [1.807, 2.05) is 67.6 Å². The number of ether oxygens (including phenoxy) is 1. The van der Waals surface area contributed by atoms with Crippen LogP contribution in [0.5, 0.6) is 5.75 Å². The van der Waals surface area contributed by atoms with Gasteiger partial charge in [0.2, 0.25) is 5.91 Å². The van der Waals surface area contributed by atoms with Crippen molar-refractivity contribution in [2.24, 2.45) is 0 Å². The minimum atomic E-state index is -0.206. The molecule has 0 saturated carbocycles. The monoisotopic (exact) mass is 347 g/mol. The van der Waals surface area contributed by atoms with E-state index in [0.717, 1.165) is 16.3 Å². The van der Waals surface area contributed by atoms with Gasteiger partial charge in [0.05, 0.1) is 12.8 Å². The van der Waals surface area contributed by atoms with Crippen LogP contribution in [0.1, 0.15) is 28.8 Å². The van der Waals surface area contributed by atoms with Gasteiger partial charge in [0.25, 0.3) is 0 Å². The lowest BCUT2D eigenvalue weighted by Gasteiger charge is -2.11. The summed E-state index contributed by atoms with van der Waals surface area (Å²) in [5, 5.41) is 4.93. The molecule has 3 aromatic rings. The summed E-state index contributed by atoms with van der Waals surface area (Å²) in [6, 6.07) is 19.1. The second kappa shape index (κ2) is 7.83. The number of hydrogen-bond acceptors (Lipinski definition) is 3. The predicted octanol–water partition coefficient (Wildman–Crippen LogP) is 4.76. The number of hydrogen-bond donors (Lipinski definition) is 1. The number of methoxy groups -OCH3 is 1. The van der Waals surface area contributed by atoms with E-state index in [-0.39, 0.29) is 24.5 Å². The van der Waals surface area contributed by atoms with Crippen molar-refractivity contribution in [3.05, 3.63) is 71.8 Å². The second-order valence-corrected chi connectivity index (χ2v) is 6.24. The van der Waals surface area contributed by atoms with Crippen LogP contribution >= 0.6 is 0 Å². The van der Waals surface area contributed by atoms with Crippen molar-refractivity contribution in [2.45, 2.75) is 19.8 Å². The van der Waals surface area contributed by atoms with E-state index in [0.29, 0.717) is 17.0 Å². The zero-order chi connectivity index (χ0) is 18.5. The van der Waals surface area contributed by atoms with Crippen molar-refractivity contribution in [3.8, 4) is 5.75 Å². The first-order valence-electron chi connectivity index (χ1n) is 8.53. The average molecular weight is 347 g/mol. The van der Waals surface area contributed by atoms with Crippen LogP contribution in [0.3, 0.4) is 0 Å². The third-order valence-electron chi connectivity index (χ3n) is 4.28. The number of Topliss-reactive ketones (excluding diaryl/α,β-unsaturated/α-hetero) is 1. The third-order valence-corrected chi connectivity index (χ3v) is 4.28. The standard InChI is InChI=1S/C22H21NO3/c1-15-7-11-21(26-2)19(13-15)23-22(25)12-10-20(24)18-9-8-16-5-3-4-6-17(16)14-18/h3-9,11,13-14H,10,12H2,1-2H3,(H,23,25). The maximum Gasteiger partial charge on any atom is 0.224 e. The Morgan fingerprint density at radius 1 is 0.923 bits per heavy atom. The van der Waals surface area contributed by atoms with Crippen LogP contribution in [0, 0.1) is 6.92 Å². The molecule has 0 saturated heterocycles.